The molecule has 0 N–H and O–H groups in total. The summed E-state index contributed by atoms with van der Waals surface area (Å²) in [7, 11) is 0. The molecule has 0 saturated heterocycles. The second-order valence-corrected chi connectivity index (χ2v) is 11.3. The van der Waals surface area contributed by atoms with Crippen LogP contribution in [0, 0.1) is 52.8 Å². The van der Waals surface area contributed by atoms with Crippen molar-refractivity contribution in [2.45, 2.75) is 77.0 Å². The molecular formula is C23H32O. The minimum Gasteiger partial charge on any atom is -0.842 e. The topological polar surface area (TPSA) is 23.1 Å². The van der Waals surface area contributed by atoms with E-state index in [-0.39, 0.29) is 0 Å². The minimum absolute atomic E-state index is 0.310. The standard InChI is InChI=1S/C23H32O/c24-21(13-22-7-15-1-16(8-22)3-17(2-15)9-22)14-23-10-18-4-19(11-23)6-20(5-18)12-23/h13-20H,1-12H2. The van der Waals surface area contributed by atoms with Gasteiger partial charge in [-0.3, -0.25) is 0 Å². The van der Waals surface area contributed by atoms with E-state index in [0.29, 0.717) is 16.6 Å². The molecule has 0 spiro atoms. The van der Waals surface area contributed by atoms with Crippen LogP contribution < -0.4 is 5.11 Å². The van der Waals surface area contributed by atoms with Crippen LogP contribution in [0.25, 0.3) is 0 Å². The molecule has 8 aliphatic carbocycles. The molecule has 8 bridgehead atoms. The summed E-state index contributed by atoms with van der Waals surface area (Å²) in [5, 5.41) is 13.1. The first-order valence-electron chi connectivity index (χ1n) is 10.8. The zero-order valence-electron chi connectivity index (χ0n) is 15.0. The number of hydrogen-bond acceptors (Lipinski definition) is 1. The molecule has 8 rings (SSSR count). The highest BCUT2D eigenvalue weighted by Crippen LogP contribution is 2.63. The van der Waals surface area contributed by atoms with Gasteiger partial charge in [-0.1, -0.05) is 0 Å². The Bertz CT molecular complexity index is 500. The SMILES string of the molecule is [O-]C(=CC12CC3CC(CC(C3)C1)C2)[CH+]C12CC3CC(CC(C3)C1)C2. The molecule has 1 heteroatoms. The Morgan fingerprint density at radius 1 is 0.667 bits per heavy atom. The number of allylic oxidation sites excluding steroid dienone is 2. The summed E-state index contributed by atoms with van der Waals surface area (Å²) in [6, 6.07) is 0. The van der Waals surface area contributed by atoms with Crippen molar-refractivity contribution in [1.82, 2.24) is 0 Å². The fourth-order valence-corrected chi connectivity index (χ4v) is 9.35. The molecule has 0 unspecified atom stereocenters. The van der Waals surface area contributed by atoms with Gasteiger partial charge in [-0.25, -0.2) is 0 Å². The van der Waals surface area contributed by atoms with Gasteiger partial charge in [0.25, 0.3) is 0 Å². The van der Waals surface area contributed by atoms with E-state index in [4.69, 9.17) is 0 Å². The van der Waals surface area contributed by atoms with Crippen LogP contribution in [0.15, 0.2) is 11.8 Å². The van der Waals surface area contributed by atoms with Gasteiger partial charge in [0, 0.05) is 12.5 Å². The molecule has 24 heavy (non-hydrogen) atoms. The lowest BCUT2D eigenvalue weighted by atomic mass is 9.48. The molecule has 0 aromatic rings. The van der Waals surface area contributed by atoms with E-state index >= 15 is 0 Å². The van der Waals surface area contributed by atoms with Crippen molar-refractivity contribution < 1.29 is 5.11 Å². The van der Waals surface area contributed by atoms with Crippen LogP contribution >= 0.6 is 0 Å². The second kappa shape index (κ2) is 4.77. The van der Waals surface area contributed by atoms with Crippen LogP contribution in [0.4, 0.5) is 0 Å². The van der Waals surface area contributed by atoms with Gasteiger partial charge in [0.15, 0.2) is 0 Å². The Morgan fingerprint density at radius 3 is 1.46 bits per heavy atom. The molecule has 0 heterocycles. The lowest BCUT2D eigenvalue weighted by Gasteiger charge is -2.55. The molecule has 0 atom stereocenters. The van der Waals surface area contributed by atoms with Crippen LogP contribution in [0.3, 0.4) is 0 Å². The zero-order valence-corrected chi connectivity index (χ0v) is 15.0. The van der Waals surface area contributed by atoms with Gasteiger partial charge in [0.1, 0.15) is 0 Å². The van der Waals surface area contributed by atoms with Gasteiger partial charge < -0.3 is 5.11 Å². The number of rotatable bonds is 3. The van der Waals surface area contributed by atoms with E-state index in [9.17, 15) is 5.11 Å². The van der Waals surface area contributed by atoms with Crippen LogP contribution in [0.1, 0.15) is 77.0 Å². The zero-order chi connectivity index (χ0) is 15.9. The molecule has 8 aliphatic rings. The minimum atomic E-state index is 0.310. The largest absolute Gasteiger partial charge is 0.842 e. The highest BCUT2D eigenvalue weighted by atomic mass is 16.3. The van der Waals surface area contributed by atoms with Crippen molar-refractivity contribution in [3.63, 3.8) is 0 Å². The number of hydrogen-bond donors (Lipinski definition) is 0. The summed E-state index contributed by atoms with van der Waals surface area (Å²) in [5.74, 6) is 6.10. The summed E-state index contributed by atoms with van der Waals surface area (Å²) >= 11 is 0. The van der Waals surface area contributed by atoms with Crippen LogP contribution in [-0.4, -0.2) is 0 Å². The molecule has 0 amide bonds. The van der Waals surface area contributed by atoms with Crippen LogP contribution in [0.5, 0.6) is 0 Å². The summed E-state index contributed by atoms with van der Waals surface area (Å²) in [6.07, 6.45) is 21.3. The van der Waals surface area contributed by atoms with Crippen LogP contribution in [-0.2, 0) is 0 Å². The summed E-state index contributed by atoms with van der Waals surface area (Å²) in [6.45, 7) is 0. The maximum Gasteiger partial charge on any atom is 0.0591 e. The average molecular weight is 325 g/mol. The molecule has 8 fully saturated rings. The lowest BCUT2D eigenvalue weighted by molar-refractivity contribution is -0.304. The quantitative estimate of drug-likeness (QED) is 0.536. The highest BCUT2D eigenvalue weighted by molar-refractivity contribution is 5.21. The fourth-order valence-electron chi connectivity index (χ4n) is 9.35. The van der Waals surface area contributed by atoms with Crippen molar-refractivity contribution in [2.75, 3.05) is 0 Å². The first-order chi connectivity index (χ1) is 11.6. The third kappa shape index (κ3) is 2.22. The molecular weight excluding hydrogens is 292 g/mol. The molecule has 0 aromatic heterocycles. The van der Waals surface area contributed by atoms with Gasteiger partial charge in [-0.05, 0) is 113 Å². The van der Waals surface area contributed by atoms with Gasteiger partial charge >= 0.3 is 0 Å². The molecule has 0 aliphatic heterocycles. The Hall–Kier alpha value is -0.590. The van der Waals surface area contributed by atoms with E-state index in [0.717, 1.165) is 35.5 Å². The summed E-state index contributed by atoms with van der Waals surface area (Å²) in [5.41, 5.74) is 0.620. The Labute approximate surface area is 147 Å². The second-order valence-electron chi connectivity index (χ2n) is 11.3. The van der Waals surface area contributed by atoms with E-state index in [1.807, 2.05) is 0 Å². The Kier molecular flexibility index (Phi) is 2.89. The molecule has 8 saturated carbocycles. The van der Waals surface area contributed by atoms with E-state index in [2.05, 4.69) is 12.5 Å². The fraction of sp³-hybridized carbons (Fsp3) is 0.870. The summed E-state index contributed by atoms with van der Waals surface area (Å²) in [4.78, 5) is 0. The maximum atomic E-state index is 13.1. The van der Waals surface area contributed by atoms with Gasteiger partial charge in [0.2, 0.25) is 0 Å². The first-order valence-corrected chi connectivity index (χ1v) is 10.8. The monoisotopic (exact) mass is 324 g/mol. The van der Waals surface area contributed by atoms with E-state index in [1.54, 1.807) is 0 Å². The average Bonchev–Trinajstić information content (AvgIpc) is 2.42. The lowest BCUT2D eigenvalue weighted by Crippen LogP contribution is -2.47. The third-order valence-electron chi connectivity index (χ3n) is 9.07. The normalized spacial score (nSPS) is 57.6. The van der Waals surface area contributed by atoms with Gasteiger partial charge in [-0.15, -0.1) is 0 Å². The van der Waals surface area contributed by atoms with Crippen molar-refractivity contribution in [2.24, 2.45) is 46.3 Å². The van der Waals surface area contributed by atoms with Crippen LogP contribution in [0.2, 0.25) is 0 Å². The van der Waals surface area contributed by atoms with Crippen molar-refractivity contribution in [3.8, 4) is 0 Å². The third-order valence-corrected chi connectivity index (χ3v) is 9.07. The first kappa shape index (κ1) is 14.6. The van der Waals surface area contributed by atoms with Gasteiger partial charge in [0.05, 0.1) is 16.6 Å². The Morgan fingerprint density at radius 2 is 1.04 bits per heavy atom. The predicted molar refractivity (Wildman–Crippen MR) is 93.6 cm³/mol. The molecule has 0 aromatic carbocycles. The summed E-state index contributed by atoms with van der Waals surface area (Å²) < 4.78 is 0. The van der Waals surface area contributed by atoms with Crippen molar-refractivity contribution in [3.05, 3.63) is 18.3 Å². The van der Waals surface area contributed by atoms with E-state index in [1.165, 1.54) is 77.0 Å². The van der Waals surface area contributed by atoms with Crippen molar-refractivity contribution >= 4 is 0 Å². The maximum absolute atomic E-state index is 13.1. The van der Waals surface area contributed by atoms with E-state index < -0.39 is 0 Å². The highest BCUT2D eigenvalue weighted by Gasteiger charge is 2.55. The Balaban J connectivity index is 1.24. The molecule has 130 valence electrons. The van der Waals surface area contributed by atoms with Gasteiger partial charge in [-0.2, -0.15) is 0 Å². The van der Waals surface area contributed by atoms with Crippen molar-refractivity contribution in [1.29, 1.82) is 0 Å². The smallest absolute Gasteiger partial charge is 0.0591 e. The predicted octanol–water partition coefficient (Wildman–Crippen LogP) is 4.87. The molecule has 1 nitrogen and oxygen atoms in total. The molecule has 0 radical (unpaired) electrons.